The number of hydrogen-bond acceptors (Lipinski definition) is 2. The van der Waals surface area contributed by atoms with Gasteiger partial charge in [0.05, 0.1) is 11.8 Å². The number of carboxylic acids is 1. The molecule has 0 radical (unpaired) electrons. The number of hydrogen-bond donors (Lipinski definition) is 2. The summed E-state index contributed by atoms with van der Waals surface area (Å²) in [5, 5.41) is 12.3. The minimum atomic E-state index is -0.858. The quantitative estimate of drug-likeness (QED) is 0.328. The van der Waals surface area contributed by atoms with E-state index in [1.165, 1.54) is 42.4 Å². The third kappa shape index (κ3) is 4.27. The van der Waals surface area contributed by atoms with Crippen molar-refractivity contribution in [1.29, 1.82) is 0 Å². The van der Waals surface area contributed by atoms with E-state index >= 15 is 0 Å². The zero-order valence-electron chi connectivity index (χ0n) is 27.6. The molecule has 1 aromatic carbocycles. The molecule has 4 heteroatoms. The Bertz CT molecular complexity index is 1330. The molecule has 4 saturated carbocycles. The Morgan fingerprint density at radius 2 is 1.63 bits per heavy atom. The van der Waals surface area contributed by atoms with Gasteiger partial charge in [0.25, 0.3) is 0 Å². The van der Waals surface area contributed by atoms with E-state index in [4.69, 9.17) is 0 Å². The van der Waals surface area contributed by atoms with Crippen LogP contribution in [0.3, 0.4) is 0 Å². The number of allylic oxidation sites excluding steroid dienone is 3. The second-order valence-electron chi connectivity index (χ2n) is 16.7. The third-order valence-electron chi connectivity index (χ3n) is 14.8. The SMILES string of the molecule is C=C(C)[C@@H]1CC[C@]2(C(=O)NCCC(=O)O)CC[C@]3(C)[C@H](CC[C@@H]4[C@@]5(C)CC=C(c6ccccc6)C(C)(C)[C@@H]5CC[C@]43C)[C@@H]12. The van der Waals surface area contributed by atoms with Crippen molar-refractivity contribution in [3.63, 3.8) is 0 Å². The molecule has 0 saturated heterocycles. The van der Waals surface area contributed by atoms with Crippen LogP contribution in [-0.2, 0) is 9.59 Å². The lowest BCUT2D eigenvalue weighted by atomic mass is 9.32. The van der Waals surface area contributed by atoms with E-state index in [1.54, 1.807) is 0 Å². The molecule has 1 aromatic rings. The average Bonchev–Trinajstić information content (AvgIpc) is 3.35. The first-order chi connectivity index (χ1) is 20.2. The van der Waals surface area contributed by atoms with Crippen molar-refractivity contribution in [2.75, 3.05) is 6.54 Å². The fourth-order valence-electron chi connectivity index (χ4n) is 12.7. The first kappa shape index (κ1) is 30.7. The smallest absolute Gasteiger partial charge is 0.305 e. The fraction of sp³-hybridized carbons (Fsp3) is 0.692. The number of carbonyl (C=O) groups is 2. The van der Waals surface area contributed by atoms with E-state index in [1.807, 2.05) is 0 Å². The number of carbonyl (C=O) groups excluding carboxylic acids is 1. The highest BCUT2D eigenvalue weighted by molar-refractivity contribution is 5.84. The summed E-state index contributed by atoms with van der Waals surface area (Å²) in [6.45, 7) is 19.8. The van der Waals surface area contributed by atoms with E-state index < -0.39 is 11.4 Å². The van der Waals surface area contributed by atoms with Gasteiger partial charge < -0.3 is 10.4 Å². The summed E-state index contributed by atoms with van der Waals surface area (Å²) in [7, 11) is 0. The molecule has 0 bridgehead atoms. The zero-order chi connectivity index (χ0) is 31.0. The van der Waals surface area contributed by atoms with Gasteiger partial charge >= 0.3 is 5.97 Å². The molecule has 0 aliphatic heterocycles. The molecule has 5 aliphatic carbocycles. The summed E-state index contributed by atoms with van der Waals surface area (Å²) < 4.78 is 0. The number of carboxylic acid groups (broad SMARTS) is 1. The number of aliphatic carboxylic acids is 1. The number of fused-ring (bicyclic) bond motifs is 7. The molecule has 5 aliphatic rings. The van der Waals surface area contributed by atoms with Gasteiger partial charge in [0.1, 0.15) is 0 Å². The van der Waals surface area contributed by atoms with Gasteiger partial charge in [-0.05, 0) is 127 Å². The standard InChI is InChI=1S/C39H55NO3/c1-25(2)27-15-21-39(34(43)40-24-18-32(41)42)23-22-37(6)29(33(27)39)13-14-31-36(5)19-16-28(26-11-9-8-10-12-26)35(3,4)30(36)17-20-38(31,37)7/h8-12,16,27,29-31,33H,1,13-15,17-24H2,2-7H3,(H,40,43)(H,41,42)/t27-,29+,30-,31+,33+,36-,37+,38+,39-/m0/s1. The van der Waals surface area contributed by atoms with Gasteiger partial charge in [0.2, 0.25) is 5.91 Å². The lowest BCUT2D eigenvalue weighted by molar-refractivity contribution is -0.225. The first-order valence-electron chi connectivity index (χ1n) is 17.1. The van der Waals surface area contributed by atoms with Crippen LogP contribution in [0.25, 0.3) is 5.57 Å². The Balaban J connectivity index is 1.35. The van der Waals surface area contributed by atoms with Gasteiger partial charge in [-0.2, -0.15) is 0 Å². The van der Waals surface area contributed by atoms with Crippen LogP contribution in [-0.4, -0.2) is 23.5 Å². The van der Waals surface area contributed by atoms with Crippen LogP contribution < -0.4 is 5.32 Å². The Labute approximate surface area is 260 Å². The molecule has 234 valence electrons. The zero-order valence-corrected chi connectivity index (χ0v) is 27.6. The molecule has 43 heavy (non-hydrogen) atoms. The Morgan fingerprint density at radius 1 is 0.907 bits per heavy atom. The van der Waals surface area contributed by atoms with E-state index in [0.717, 1.165) is 32.1 Å². The molecule has 0 spiro atoms. The van der Waals surface area contributed by atoms with Crippen molar-refractivity contribution < 1.29 is 14.7 Å². The summed E-state index contributed by atoms with van der Waals surface area (Å²) in [6.07, 6.45) is 12.6. The Kier molecular flexibility index (Phi) is 7.38. The summed E-state index contributed by atoms with van der Waals surface area (Å²) >= 11 is 0. The van der Waals surface area contributed by atoms with Crippen LogP contribution in [0.15, 0.2) is 48.6 Å². The minimum Gasteiger partial charge on any atom is -0.481 e. The van der Waals surface area contributed by atoms with Crippen LogP contribution >= 0.6 is 0 Å². The van der Waals surface area contributed by atoms with Crippen LogP contribution in [0.2, 0.25) is 0 Å². The normalized spacial score (nSPS) is 42.8. The van der Waals surface area contributed by atoms with E-state index in [9.17, 15) is 14.7 Å². The summed E-state index contributed by atoms with van der Waals surface area (Å²) in [4.78, 5) is 25.2. The number of nitrogens with one attached hydrogen (secondary N) is 1. The van der Waals surface area contributed by atoms with E-state index in [0.29, 0.717) is 29.6 Å². The predicted molar refractivity (Wildman–Crippen MR) is 174 cm³/mol. The molecule has 1 amide bonds. The van der Waals surface area contributed by atoms with Gasteiger partial charge in [0, 0.05) is 6.54 Å². The largest absolute Gasteiger partial charge is 0.481 e. The fourth-order valence-corrected chi connectivity index (χ4v) is 12.7. The molecule has 2 N–H and O–H groups in total. The van der Waals surface area contributed by atoms with Crippen LogP contribution in [0.1, 0.15) is 111 Å². The molecule has 4 fully saturated rings. The lowest BCUT2D eigenvalue weighted by Gasteiger charge is -2.72. The van der Waals surface area contributed by atoms with Crippen LogP contribution in [0.5, 0.6) is 0 Å². The summed E-state index contributed by atoms with van der Waals surface area (Å²) in [5.41, 5.74) is 4.53. The van der Waals surface area contributed by atoms with Crippen LogP contribution in [0, 0.1) is 56.7 Å². The predicted octanol–water partition coefficient (Wildman–Crippen LogP) is 8.93. The van der Waals surface area contributed by atoms with Crippen molar-refractivity contribution in [1.82, 2.24) is 5.32 Å². The van der Waals surface area contributed by atoms with Crippen molar-refractivity contribution >= 4 is 17.4 Å². The molecule has 6 rings (SSSR count). The van der Waals surface area contributed by atoms with Crippen LogP contribution in [0.4, 0.5) is 0 Å². The average molecular weight is 586 g/mol. The molecule has 0 unspecified atom stereocenters. The maximum atomic E-state index is 14.0. The first-order valence-corrected chi connectivity index (χ1v) is 17.1. The highest BCUT2D eigenvalue weighted by Crippen LogP contribution is 2.77. The highest BCUT2D eigenvalue weighted by Gasteiger charge is 2.71. The summed E-state index contributed by atoms with van der Waals surface area (Å²) in [6, 6.07) is 11.1. The van der Waals surface area contributed by atoms with Crippen molar-refractivity contribution in [3.8, 4) is 0 Å². The molecule has 9 atom stereocenters. The molecular formula is C39H55NO3. The van der Waals surface area contributed by atoms with Gasteiger partial charge in [-0.1, -0.05) is 83.2 Å². The van der Waals surface area contributed by atoms with E-state index in [2.05, 4.69) is 89.8 Å². The van der Waals surface area contributed by atoms with Gasteiger partial charge in [-0.3, -0.25) is 9.59 Å². The molecule has 0 heterocycles. The minimum absolute atomic E-state index is 0.0200. The lowest BCUT2D eigenvalue weighted by Crippen LogP contribution is -2.66. The maximum absolute atomic E-state index is 14.0. The topological polar surface area (TPSA) is 66.4 Å². The van der Waals surface area contributed by atoms with Crippen molar-refractivity contribution in [2.45, 2.75) is 106 Å². The van der Waals surface area contributed by atoms with Gasteiger partial charge in [0.15, 0.2) is 0 Å². The van der Waals surface area contributed by atoms with Crippen molar-refractivity contribution in [2.24, 2.45) is 56.7 Å². The maximum Gasteiger partial charge on any atom is 0.305 e. The van der Waals surface area contributed by atoms with E-state index in [-0.39, 0.29) is 40.5 Å². The Hall–Kier alpha value is -2.36. The monoisotopic (exact) mass is 585 g/mol. The second-order valence-corrected chi connectivity index (χ2v) is 16.7. The summed E-state index contributed by atoms with van der Waals surface area (Å²) in [5.74, 6) is 1.72. The highest BCUT2D eigenvalue weighted by atomic mass is 16.4. The van der Waals surface area contributed by atoms with Gasteiger partial charge in [-0.25, -0.2) is 0 Å². The van der Waals surface area contributed by atoms with Crippen molar-refractivity contribution in [3.05, 3.63) is 54.1 Å². The molecular weight excluding hydrogens is 530 g/mol. The number of benzene rings is 1. The third-order valence-corrected chi connectivity index (χ3v) is 14.8. The second kappa shape index (κ2) is 10.3. The molecule has 0 aromatic heterocycles. The number of rotatable bonds is 6. The Morgan fingerprint density at radius 3 is 2.30 bits per heavy atom. The number of amides is 1. The molecule has 4 nitrogen and oxygen atoms in total. The van der Waals surface area contributed by atoms with Gasteiger partial charge in [-0.15, -0.1) is 0 Å².